The molecular weight excluding hydrogens is 346 g/mol. The lowest BCUT2D eigenvalue weighted by atomic mass is 9.97. The molecule has 0 unspecified atom stereocenters. The van der Waals surface area contributed by atoms with Gasteiger partial charge in [0.15, 0.2) is 0 Å². The van der Waals surface area contributed by atoms with Gasteiger partial charge in [0.2, 0.25) is 0 Å². The Morgan fingerprint density at radius 1 is 1.27 bits per heavy atom. The molecule has 1 N–H and O–H groups in total. The predicted molar refractivity (Wildman–Crippen MR) is 106 cm³/mol. The molecule has 4 nitrogen and oxygen atoms in total. The molecule has 5 heteroatoms. The molecule has 0 saturated heterocycles. The predicted octanol–water partition coefficient (Wildman–Crippen LogP) is 3.89. The summed E-state index contributed by atoms with van der Waals surface area (Å²) in [6, 6.07) is 9.96. The van der Waals surface area contributed by atoms with Gasteiger partial charge in [-0.05, 0) is 50.7 Å². The van der Waals surface area contributed by atoms with E-state index in [1.54, 1.807) is 6.20 Å². The average Bonchev–Trinajstić information content (AvgIpc) is 2.87. The summed E-state index contributed by atoms with van der Waals surface area (Å²) in [5, 5.41) is 13.2. The molecule has 2 aromatic heterocycles. The van der Waals surface area contributed by atoms with Crippen LogP contribution in [0.4, 0.5) is 0 Å². The summed E-state index contributed by atoms with van der Waals surface area (Å²) in [6.45, 7) is 6.24. The van der Waals surface area contributed by atoms with Crippen LogP contribution in [-0.2, 0) is 25.1 Å². The number of aromatic nitrogens is 2. The van der Waals surface area contributed by atoms with Crippen LogP contribution in [-0.4, -0.2) is 33.1 Å². The minimum Gasteiger partial charge on any atom is -0.384 e. The smallest absolute Gasteiger partial charge is 0.106 e. The van der Waals surface area contributed by atoms with Gasteiger partial charge >= 0.3 is 0 Å². The van der Waals surface area contributed by atoms with Crippen LogP contribution in [0.25, 0.3) is 10.9 Å². The van der Waals surface area contributed by atoms with Gasteiger partial charge in [-0.15, -0.1) is 0 Å². The Morgan fingerprint density at radius 2 is 2.08 bits per heavy atom. The van der Waals surface area contributed by atoms with Crippen molar-refractivity contribution in [2.24, 2.45) is 0 Å². The number of nitrogens with zero attached hydrogens (tertiary/aromatic N) is 3. The van der Waals surface area contributed by atoms with Gasteiger partial charge in [-0.3, -0.25) is 4.98 Å². The third-order valence-corrected chi connectivity index (χ3v) is 5.64. The summed E-state index contributed by atoms with van der Waals surface area (Å²) in [5.41, 5.74) is 4.56. The fraction of sp³-hybridized carbons (Fsp3) is 0.381. The van der Waals surface area contributed by atoms with Crippen LogP contribution in [0.15, 0.2) is 36.5 Å². The maximum Gasteiger partial charge on any atom is 0.106 e. The topological polar surface area (TPSA) is 41.3 Å². The number of hydrogen-bond acceptors (Lipinski definition) is 3. The minimum absolute atomic E-state index is 0.495. The van der Waals surface area contributed by atoms with E-state index in [0.717, 1.165) is 41.3 Å². The number of rotatable bonds is 3. The van der Waals surface area contributed by atoms with Gasteiger partial charge in [0.25, 0.3) is 0 Å². The van der Waals surface area contributed by atoms with Gasteiger partial charge in [-0.1, -0.05) is 17.7 Å². The Labute approximate surface area is 159 Å². The monoisotopic (exact) mass is 369 g/mol. The lowest BCUT2D eigenvalue weighted by Gasteiger charge is -2.28. The zero-order valence-corrected chi connectivity index (χ0v) is 16.2. The molecule has 1 aliphatic rings. The molecule has 4 rings (SSSR count). The van der Waals surface area contributed by atoms with Crippen molar-refractivity contribution >= 4 is 22.5 Å². The van der Waals surface area contributed by atoms with Crippen LogP contribution < -0.4 is 0 Å². The van der Waals surface area contributed by atoms with Gasteiger partial charge < -0.3 is 14.6 Å². The van der Waals surface area contributed by atoms with Gasteiger partial charge in [0.1, 0.15) is 5.60 Å². The summed E-state index contributed by atoms with van der Waals surface area (Å²) in [5.74, 6) is 0. The largest absolute Gasteiger partial charge is 0.384 e. The normalized spacial score (nSPS) is 17.3. The quantitative estimate of drug-likeness (QED) is 0.761. The zero-order chi connectivity index (χ0) is 18.5. The molecule has 0 amide bonds. The van der Waals surface area contributed by atoms with Crippen LogP contribution in [0.5, 0.6) is 0 Å². The number of likely N-dealkylation sites (N-methyl/N-ethyl adjacent to an activating group) is 1. The molecule has 0 bridgehead atoms. The molecule has 0 radical (unpaired) electrons. The molecule has 0 saturated carbocycles. The second-order valence-corrected chi connectivity index (χ2v) is 8.06. The van der Waals surface area contributed by atoms with E-state index in [0.29, 0.717) is 6.54 Å². The Hall–Kier alpha value is -1.88. The van der Waals surface area contributed by atoms with Crippen LogP contribution in [0.3, 0.4) is 0 Å². The lowest BCUT2D eigenvalue weighted by Crippen LogP contribution is -2.31. The SMILES string of the molecule is Cc1ccc([C@@](C)(O)Cn2c3c(c4cc(Cl)ccc42)CN(C)CC3)cn1. The van der Waals surface area contributed by atoms with E-state index in [9.17, 15) is 5.11 Å². The van der Waals surface area contributed by atoms with Gasteiger partial charge in [-0.2, -0.15) is 0 Å². The third kappa shape index (κ3) is 3.02. The van der Waals surface area contributed by atoms with Crippen molar-refractivity contribution in [1.29, 1.82) is 0 Å². The highest BCUT2D eigenvalue weighted by molar-refractivity contribution is 6.31. The molecule has 0 aliphatic carbocycles. The number of benzene rings is 1. The van der Waals surface area contributed by atoms with Gasteiger partial charge in [0, 0.05) is 58.6 Å². The van der Waals surface area contributed by atoms with E-state index < -0.39 is 5.60 Å². The average molecular weight is 370 g/mol. The second kappa shape index (κ2) is 6.38. The van der Waals surface area contributed by atoms with Gasteiger partial charge in [-0.25, -0.2) is 0 Å². The summed E-state index contributed by atoms with van der Waals surface area (Å²) in [4.78, 5) is 6.68. The first kappa shape index (κ1) is 17.5. The van der Waals surface area contributed by atoms with Crippen molar-refractivity contribution in [3.05, 3.63) is 64.1 Å². The molecule has 26 heavy (non-hydrogen) atoms. The second-order valence-electron chi connectivity index (χ2n) is 7.62. The van der Waals surface area contributed by atoms with E-state index in [4.69, 9.17) is 11.6 Å². The van der Waals surface area contributed by atoms with E-state index >= 15 is 0 Å². The first-order valence-corrected chi connectivity index (χ1v) is 9.36. The van der Waals surface area contributed by atoms with Crippen molar-refractivity contribution in [2.45, 2.75) is 39.0 Å². The molecule has 1 atom stereocenters. The highest BCUT2D eigenvalue weighted by Crippen LogP contribution is 2.35. The third-order valence-electron chi connectivity index (χ3n) is 5.41. The standard InChI is InChI=1S/C21H24ClN3O/c1-14-4-5-15(11-23-14)21(2,26)13-25-19-7-6-16(22)10-17(19)18-12-24(3)9-8-20(18)25/h4-7,10-11,26H,8-9,12-13H2,1-3H3/t21-/m0/s1. The first-order chi connectivity index (χ1) is 12.3. The van der Waals surface area contributed by atoms with Gasteiger partial charge in [0.05, 0.1) is 6.54 Å². The zero-order valence-electron chi connectivity index (χ0n) is 15.5. The van der Waals surface area contributed by atoms with Crippen LogP contribution >= 0.6 is 11.6 Å². The fourth-order valence-electron chi connectivity index (χ4n) is 3.92. The van der Waals surface area contributed by atoms with E-state index in [1.165, 1.54) is 16.6 Å². The Balaban J connectivity index is 1.82. The number of aliphatic hydroxyl groups is 1. The maximum atomic E-state index is 11.2. The summed E-state index contributed by atoms with van der Waals surface area (Å²) in [7, 11) is 2.14. The van der Waals surface area contributed by atoms with E-state index in [1.807, 2.05) is 38.1 Å². The van der Waals surface area contributed by atoms with E-state index in [-0.39, 0.29) is 0 Å². The molecular formula is C21H24ClN3O. The Morgan fingerprint density at radius 3 is 2.81 bits per heavy atom. The summed E-state index contributed by atoms with van der Waals surface area (Å²) < 4.78 is 2.27. The van der Waals surface area contributed by atoms with Crippen molar-refractivity contribution in [1.82, 2.24) is 14.5 Å². The van der Waals surface area contributed by atoms with Crippen LogP contribution in [0.2, 0.25) is 5.02 Å². The molecule has 136 valence electrons. The van der Waals surface area contributed by atoms with Crippen molar-refractivity contribution in [3.63, 3.8) is 0 Å². The number of pyridine rings is 1. The van der Waals surface area contributed by atoms with Crippen molar-refractivity contribution < 1.29 is 5.11 Å². The summed E-state index contributed by atoms with van der Waals surface area (Å²) in [6.07, 6.45) is 2.75. The molecule has 3 heterocycles. The minimum atomic E-state index is -0.997. The fourth-order valence-corrected chi connectivity index (χ4v) is 4.10. The van der Waals surface area contributed by atoms with Crippen molar-refractivity contribution in [3.8, 4) is 0 Å². The molecule has 0 fully saturated rings. The number of halogens is 1. The van der Waals surface area contributed by atoms with Crippen LogP contribution in [0, 0.1) is 6.92 Å². The Bertz CT molecular complexity index is 960. The highest BCUT2D eigenvalue weighted by atomic mass is 35.5. The molecule has 3 aromatic rings. The van der Waals surface area contributed by atoms with Crippen molar-refractivity contribution in [2.75, 3.05) is 13.6 Å². The number of hydrogen-bond donors (Lipinski definition) is 1. The van der Waals surface area contributed by atoms with Crippen LogP contribution in [0.1, 0.15) is 29.4 Å². The summed E-state index contributed by atoms with van der Waals surface area (Å²) >= 11 is 6.27. The highest BCUT2D eigenvalue weighted by Gasteiger charge is 2.29. The number of fused-ring (bicyclic) bond motifs is 3. The molecule has 1 aromatic carbocycles. The lowest BCUT2D eigenvalue weighted by molar-refractivity contribution is 0.0381. The number of aryl methyl sites for hydroxylation is 1. The molecule has 0 spiro atoms. The maximum absolute atomic E-state index is 11.2. The first-order valence-electron chi connectivity index (χ1n) is 8.99. The molecule has 1 aliphatic heterocycles. The Kier molecular flexibility index (Phi) is 4.30. The van der Waals surface area contributed by atoms with E-state index in [2.05, 4.69) is 27.6 Å².